The highest BCUT2D eigenvalue weighted by molar-refractivity contribution is 6.22. The Hall–Kier alpha value is -2.67. The van der Waals surface area contributed by atoms with E-state index in [0.717, 1.165) is 29.0 Å². The van der Waals surface area contributed by atoms with Crippen LogP contribution in [0.15, 0.2) is 48.5 Å². The van der Waals surface area contributed by atoms with Crippen molar-refractivity contribution in [2.24, 2.45) is 0 Å². The fourth-order valence-electron chi connectivity index (χ4n) is 3.78. The lowest BCUT2D eigenvalue weighted by Gasteiger charge is -2.32. The SMILES string of the molecule is O=C1C[C@H](N2CCc3ccccc3C2)C(=O)N1c1cccc(C(F)(F)F)c1. The molecule has 2 amide bonds. The molecule has 1 atom stereocenters. The number of imide groups is 1. The summed E-state index contributed by atoms with van der Waals surface area (Å²) in [6, 6.07) is 11.6. The van der Waals surface area contributed by atoms with E-state index in [2.05, 4.69) is 0 Å². The predicted octanol–water partition coefficient (Wildman–Crippen LogP) is 3.40. The van der Waals surface area contributed by atoms with Gasteiger partial charge < -0.3 is 0 Å². The lowest BCUT2D eigenvalue weighted by atomic mass is 9.98. The molecule has 0 N–H and O–H groups in total. The molecule has 2 aromatic rings. The van der Waals surface area contributed by atoms with E-state index < -0.39 is 29.6 Å². The second kappa shape index (κ2) is 6.49. The Morgan fingerprint density at radius 2 is 1.70 bits per heavy atom. The lowest BCUT2D eigenvalue weighted by molar-refractivity contribution is -0.137. The normalized spacial score (nSPS) is 20.9. The van der Waals surface area contributed by atoms with Crippen LogP contribution in [0.1, 0.15) is 23.1 Å². The number of carbonyl (C=O) groups excluding carboxylic acids is 2. The quantitative estimate of drug-likeness (QED) is 0.757. The molecule has 0 saturated carbocycles. The minimum Gasteiger partial charge on any atom is -0.287 e. The van der Waals surface area contributed by atoms with Crippen LogP contribution < -0.4 is 4.90 Å². The summed E-state index contributed by atoms with van der Waals surface area (Å²) in [5, 5.41) is 0. The second-order valence-corrected chi connectivity index (χ2v) is 6.82. The summed E-state index contributed by atoms with van der Waals surface area (Å²) < 4.78 is 38.9. The van der Waals surface area contributed by atoms with Crippen LogP contribution in [-0.4, -0.2) is 29.3 Å². The Bertz CT molecular complexity index is 910. The molecule has 0 unspecified atom stereocenters. The number of benzene rings is 2. The van der Waals surface area contributed by atoms with Crippen molar-refractivity contribution < 1.29 is 22.8 Å². The predicted molar refractivity (Wildman–Crippen MR) is 92.9 cm³/mol. The van der Waals surface area contributed by atoms with E-state index >= 15 is 0 Å². The van der Waals surface area contributed by atoms with Crippen molar-refractivity contribution >= 4 is 17.5 Å². The number of hydrogen-bond donors (Lipinski definition) is 0. The maximum Gasteiger partial charge on any atom is 0.416 e. The van der Waals surface area contributed by atoms with E-state index in [1.807, 2.05) is 29.2 Å². The van der Waals surface area contributed by atoms with Crippen LogP contribution in [0.5, 0.6) is 0 Å². The van der Waals surface area contributed by atoms with E-state index in [9.17, 15) is 22.8 Å². The van der Waals surface area contributed by atoms with Crippen molar-refractivity contribution in [2.75, 3.05) is 11.4 Å². The zero-order valence-corrected chi connectivity index (χ0v) is 14.4. The molecule has 140 valence electrons. The van der Waals surface area contributed by atoms with E-state index in [-0.39, 0.29) is 12.1 Å². The summed E-state index contributed by atoms with van der Waals surface area (Å²) >= 11 is 0. The van der Waals surface area contributed by atoms with Crippen LogP contribution in [0.2, 0.25) is 0 Å². The summed E-state index contributed by atoms with van der Waals surface area (Å²) in [5.41, 5.74) is 1.43. The molecule has 2 heterocycles. The first-order chi connectivity index (χ1) is 12.8. The molecule has 1 saturated heterocycles. The van der Waals surface area contributed by atoms with Gasteiger partial charge in [-0.05, 0) is 35.7 Å². The molecule has 7 heteroatoms. The van der Waals surface area contributed by atoms with Gasteiger partial charge in [0.15, 0.2) is 0 Å². The van der Waals surface area contributed by atoms with Crippen molar-refractivity contribution in [3.8, 4) is 0 Å². The monoisotopic (exact) mass is 374 g/mol. The van der Waals surface area contributed by atoms with Crippen molar-refractivity contribution in [1.82, 2.24) is 4.90 Å². The first-order valence-corrected chi connectivity index (χ1v) is 8.69. The van der Waals surface area contributed by atoms with Gasteiger partial charge in [0.25, 0.3) is 5.91 Å². The van der Waals surface area contributed by atoms with Gasteiger partial charge in [-0.25, -0.2) is 4.90 Å². The Balaban J connectivity index is 1.58. The number of alkyl halides is 3. The third-order valence-electron chi connectivity index (χ3n) is 5.16. The highest BCUT2D eigenvalue weighted by atomic mass is 19.4. The molecular formula is C20H17F3N2O2. The van der Waals surface area contributed by atoms with Crippen molar-refractivity contribution in [1.29, 1.82) is 0 Å². The van der Waals surface area contributed by atoms with Gasteiger partial charge in [-0.1, -0.05) is 30.3 Å². The van der Waals surface area contributed by atoms with E-state index in [1.54, 1.807) is 0 Å². The molecule has 4 rings (SSSR count). The van der Waals surface area contributed by atoms with Crippen molar-refractivity contribution in [3.63, 3.8) is 0 Å². The maximum absolute atomic E-state index is 13.0. The summed E-state index contributed by atoms with van der Waals surface area (Å²) in [7, 11) is 0. The smallest absolute Gasteiger partial charge is 0.287 e. The topological polar surface area (TPSA) is 40.6 Å². The van der Waals surface area contributed by atoms with Gasteiger partial charge >= 0.3 is 6.18 Å². The number of nitrogens with zero attached hydrogens (tertiary/aromatic N) is 2. The van der Waals surface area contributed by atoms with E-state index in [0.29, 0.717) is 13.1 Å². The highest BCUT2D eigenvalue weighted by Crippen LogP contribution is 2.34. The fraction of sp³-hybridized carbons (Fsp3) is 0.300. The zero-order valence-electron chi connectivity index (χ0n) is 14.4. The summed E-state index contributed by atoms with van der Waals surface area (Å²) in [6.45, 7) is 1.19. The third kappa shape index (κ3) is 3.23. The zero-order chi connectivity index (χ0) is 19.2. The van der Waals surface area contributed by atoms with Crippen LogP contribution in [-0.2, 0) is 28.7 Å². The number of amides is 2. The van der Waals surface area contributed by atoms with Crippen LogP contribution in [0.25, 0.3) is 0 Å². The number of halogens is 3. The second-order valence-electron chi connectivity index (χ2n) is 6.82. The molecule has 0 aromatic heterocycles. The third-order valence-corrected chi connectivity index (χ3v) is 5.16. The Labute approximate surface area is 154 Å². The molecule has 0 aliphatic carbocycles. The first-order valence-electron chi connectivity index (χ1n) is 8.69. The van der Waals surface area contributed by atoms with Gasteiger partial charge in [-0.3, -0.25) is 14.5 Å². The average Bonchev–Trinajstić information content (AvgIpc) is 2.95. The average molecular weight is 374 g/mol. The molecule has 4 nitrogen and oxygen atoms in total. The maximum atomic E-state index is 13.0. The van der Waals surface area contributed by atoms with E-state index in [1.165, 1.54) is 17.7 Å². The van der Waals surface area contributed by atoms with Crippen LogP contribution in [0, 0.1) is 0 Å². The van der Waals surface area contributed by atoms with Gasteiger partial charge in [0.1, 0.15) is 0 Å². The molecule has 2 aromatic carbocycles. The van der Waals surface area contributed by atoms with Gasteiger partial charge in [0.2, 0.25) is 5.91 Å². The summed E-state index contributed by atoms with van der Waals surface area (Å²) in [5.74, 6) is -0.929. The molecule has 27 heavy (non-hydrogen) atoms. The Kier molecular flexibility index (Phi) is 4.26. The van der Waals surface area contributed by atoms with Crippen molar-refractivity contribution in [3.05, 3.63) is 65.2 Å². The summed E-state index contributed by atoms with van der Waals surface area (Å²) in [4.78, 5) is 28.1. The highest BCUT2D eigenvalue weighted by Gasteiger charge is 2.44. The van der Waals surface area contributed by atoms with Gasteiger partial charge in [-0.15, -0.1) is 0 Å². The standard InChI is InChI=1S/C20H17F3N2O2/c21-20(22,23)15-6-3-7-16(10-15)25-18(26)11-17(19(25)27)24-9-8-13-4-1-2-5-14(13)12-24/h1-7,10,17H,8-9,11-12H2/t17-/m0/s1. The molecule has 0 radical (unpaired) electrons. The summed E-state index contributed by atoms with van der Waals surface area (Å²) in [6.07, 6.45) is -3.77. The van der Waals surface area contributed by atoms with Gasteiger partial charge in [0.05, 0.1) is 23.7 Å². The number of hydrogen-bond acceptors (Lipinski definition) is 3. The minimum atomic E-state index is -4.53. The number of carbonyl (C=O) groups is 2. The molecule has 2 aliphatic rings. The Morgan fingerprint density at radius 3 is 2.44 bits per heavy atom. The van der Waals surface area contributed by atoms with Gasteiger partial charge in [-0.2, -0.15) is 13.2 Å². The first kappa shape index (κ1) is 17.7. The largest absolute Gasteiger partial charge is 0.416 e. The number of rotatable bonds is 2. The van der Waals surface area contributed by atoms with E-state index in [4.69, 9.17) is 0 Å². The number of fused-ring (bicyclic) bond motifs is 1. The molecular weight excluding hydrogens is 357 g/mol. The lowest BCUT2D eigenvalue weighted by Crippen LogP contribution is -2.44. The van der Waals surface area contributed by atoms with Gasteiger partial charge in [0, 0.05) is 13.1 Å². The Morgan fingerprint density at radius 1 is 0.963 bits per heavy atom. The molecule has 0 bridgehead atoms. The molecule has 0 spiro atoms. The van der Waals surface area contributed by atoms with Crippen LogP contribution in [0.4, 0.5) is 18.9 Å². The van der Waals surface area contributed by atoms with Crippen molar-refractivity contribution in [2.45, 2.75) is 31.6 Å². The fourth-order valence-corrected chi connectivity index (χ4v) is 3.78. The number of anilines is 1. The van der Waals surface area contributed by atoms with Crippen LogP contribution in [0.3, 0.4) is 0 Å². The minimum absolute atomic E-state index is 0.0166. The molecule has 2 aliphatic heterocycles. The van der Waals surface area contributed by atoms with Crippen LogP contribution >= 0.6 is 0 Å². The molecule has 1 fully saturated rings.